The van der Waals surface area contributed by atoms with Crippen molar-refractivity contribution in [3.8, 4) is 0 Å². The topological polar surface area (TPSA) is 63.2 Å². The highest BCUT2D eigenvalue weighted by Crippen LogP contribution is 2.18. The van der Waals surface area contributed by atoms with Crippen LogP contribution in [-0.4, -0.2) is 62.8 Å². The third-order valence-corrected chi connectivity index (χ3v) is 3.66. The smallest absolute Gasteiger partial charge is 0.309 e. The van der Waals surface area contributed by atoms with E-state index in [-0.39, 0.29) is 11.9 Å². The molecule has 1 saturated heterocycles. The van der Waals surface area contributed by atoms with E-state index < -0.39 is 0 Å². The number of aliphatic imine (C=N–C) groups is 1. The highest BCUT2D eigenvalue weighted by Gasteiger charge is 2.27. The van der Waals surface area contributed by atoms with Gasteiger partial charge in [-0.3, -0.25) is 9.79 Å². The summed E-state index contributed by atoms with van der Waals surface area (Å²) in [7, 11) is 0. The molecule has 0 atom stereocenters. The molecule has 0 saturated carbocycles. The molecule has 0 bridgehead atoms. The maximum absolute atomic E-state index is 11.8. The predicted octanol–water partition coefficient (Wildman–Crippen LogP) is 1.65. The van der Waals surface area contributed by atoms with Gasteiger partial charge in [-0.05, 0) is 40.0 Å². The normalized spacial score (nSPS) is 16.7. The van der Waals surface area contributed by atoms with Gasteiger partial charge in [-0.1, -0.05) is 0 Å². The fourth-order valence-corrected chi connectivity index (χ4v) is 2.51. The average molecular weight is 313 g/mol. The fourth-order valence-electron chi connectivity index (χ4n) is 2.51. The number of ether oxygens (including phenoxy) is 2. The Hall–Kier alpha value is -1.30. The zero-order chi connectivity index (χ0) is 16.2. The Balaban J connectivity index is 2.42. The van der Waals surface area contributed by atoms with Gasteiger partial charge in [-0.15, -0.1) is 0 Å². The van der Waals surface area contributed by atoms with Crippen molar-refractivity contribution in [1.82, 2.24) is 10.2 Å². The SMILES string of the molecule is CCNC(=NCCCOCC)N1CCC(C(=O)OCC)CC1. The lowest BCUT2D eigenvalue weighted by atomic mass is 9.97. The second-order valence-corrected chi connectivity index (χ2v) is 5.30. The highest BCUT2D eigenvalue weighted by molar-refractivity contribution is 5.80. The first kappa shape index (κ1) is 18.7. The van der Waals surface area contributed by atoms with Crippen LogP contribution in [0.4, 0.5) is 0 Å². The van der Waals surface area contributed by atoms with E-state index in [2.05, 4.69) is 22.1 Å². The van der Waals surface area contributed by atoms with Crippen molar-refractivity contribution >= 4 is 11.9 Å². The third-order valence-electron chi connectivity index (χ3n) is 3.66. The van der Waals surface area contributed by atoms with Gasteiger partial charge in [-0.25, -0.2) is 0 Å². The van der Waals surface area contributed by atoms with E-state index in [9.17, 15) is 4.79 Å². The molecule has 0 aliphatic carbocycles. The number of rotatable bonds is 8. The number of hydrogen-bond acceptors (Lipinski definition) is 4. The van der Waals surface area contributed by atoms with E-state index in [0.717, 1.165) is 64.6 Å². The first-order chi connectivity index (χ1) is 10.7. The highest BCUT2D eigenvalue weighted by atomic mass is 16.5. The summed E-state index contributed by atoms with van der Waals surface area (Å²) in [4.78, 5) is 18.7. The lowest BCUT2D eigenvalue weighted by Gasteiger charge is -2.33. The van der Waals surface area contributed by atoms with Crippen LogP contribution in [-0.2, 0) is 14.3 Å². The minimum absolute atomic E-state index is 0.0389. The Bertz CT molecular complexity index is 340. The predicted molar refractivity (Wildman–Crippen MR) is 88.0 cm³/mol. The van der Waals surface area contributed by atoms with Crippen molar-refractivity contribution in [3.63, 3.8) is 0 Å². The van der Waals surface area contributed by atoms with E-state index in [1.54, 1.807) is 0 Å². The van der Waals surface area contributed by atoms with Gasteiger partial charge >= 0.3 is 5.97 Å². The molecule has 0 radical (unpaired) electrons. The van der Waals surface area contributed by atoms with Gasteiger partial charge in [0, 0.05) is 39.4 Å². The third kappa shape index (κ3) is 6.64. The van der Waals surface area contributed by atoms with Crippen LogP contribution in [0, 0.1) is 5.92 Å². The molecule has 6 heteroatoms. The van der Waals surface area contributed by atoms with Crippen LogP contribution < -0.4 is 5.32 Å². The van der Waals surface area contributed by atoms with Crippen LogP contribution in [0.3, 0.4) is 0 Å². The zero-order valence-corrected chi connectivity index (χ0v) is 14.3. The largest absolute Gasteiger partial charge is 0.466 e. The lowest BCUT2D eigenvalue weighted by molar-refractivity contribution is -0.149. The molecule has 1 N–H and O–H groups in total. The van der Waals surface area contributed by atoms with Gasteiger partial charge in [0.1, 0.15) is 0 Å². The number of likely N-dealkylation sites (tertiary alicyclic amines) is 1. The van der Waals surface area contributed by atoms with Gasteiger partial charge in [0.05, 0.1) is 12.5 Å². The van der Waals surface area contributed by atoms with Crippen molar-refractivity contribution in [3.05, 3.63) is 0 Å². The Morgan fingerprint density at radius 3 is 2.55 bits per heavy atom. The summed E-state index contributed by atoms with van der Waals surface area (Å²) < 4.78 is 10.4. The van der Waals surface area contributed by atoms with Crippen LogP contribution in [0.15, 0.2) is 4.99 Å². The maximum Gasteiger partial charge on any atom is 0.309 e. The molecular weight excluding hydrogens is 282 g/mol. The Kier molecular flexibility index (Phi) is 9.62. The van der Waals surface area contributed by atoms with Gasteiger partial charge in [0.15, 0.2) is 5.96 Å². The first-order valence-electron chi connectivity index (χ1n) is 8.50. The minimum atomic E-state index is -0.0548. The minimum Gasteiger partial charge on any atom is -0.466 e. The molecule has 128 valence electrons. The number of piperidine rings is 1. The molecule has 1 rings (SSSR count). The Morgan fingerprint density at radius 1 is 1.23 bits per heavy atom. The molecule has 0 aromatic heterocycles. The van der Waals surface area contributed by atoms with Crippen molar-refractivity contribution in [2.75, 3.05) is 46.0 Å². The van der Waals surface area contributed by atoms with Gasteiger partial charge in [-0.2, -0.15) is 0 Å². The van der Waals surface area contributed by atoms with E-state index in [0.29, 0.717) is 6.61 Å². The maximum atomic E-state index is 11.8. The molecular formula is C16H31N3O3. The van der Waals surface area contributed by atoms with Gasteiger partial charge in [0.2, 0.25) is 0 Å². The summed E-state index contributed by atoms with van der Waals surface area (Å²) in [6.07, 6.45) is 2.60. The van der Waals surface area contributed by atoms with Crippen LogP contribution in [0.25, 0.3) is 0 Å². The fraction of sp³-hybridized carbons (Fsp3) is 0.875. The van der Waals surface area contributed by atoms with E-state index in [1.807, 2.05) is 13.8 Å². The molecule has 1 aliphatic heterocycles. The molecule has 0 aromatic rings. The number of carbonyl (C=O) groups is 1. The van der Waals surface area contributed by atoms with E-state index >= 15 is 0 Å². The van der Waals surface area contributed by atoms with Gasteiger partial charge < -0.3 is 19.7 Å². The number of carbonyl (C=O) groups excluding carboxylic acids is 1. The molecule has 22 heavy (non-hydrogen) atoms. The van der Waals surface area contributed by atoms with Crippen LogP contribution >= 0.6 is 0 Å². The number of nitrogens with zero attached hydrogens (tertiary/aromatic N) is 2. The summed E-state index contributed by atoms with van der Waals surface area (Å²) in [5.41, 5.74) is 0. The Labute approximate surface area is 134 Å². The molecule has 1 aliphatic rings. The summed E-state index contributed by atoms with van der Waals surface area (Å²) in [6.45, 7) is 11.2. The van der Waals surface area contributed by atoms with Gasteiger partial charge in [0.25, 0.3) is 0 Å². The van der Waals surface area contributed by atoms with E-state index in [4.69, 9.17) is 9.47 Å². The second kappa shape index (κ2) is 11.3. The van der Waals surface area contributed by atoms with Crippen LogP contribution in [0.2, 0.25) is 0 Å². The summed E-state index contributed by atoms with van der Waals surface area (Å²) in [5.74, 6) is 0.930. The molecule has 0 spiro atoms. The molecule has 1 fully saturated rings. The standard InChI is InChI=1S/C16H31N3O3/c1-4-17-16(18-10-7-13-21-5-2)19-11-8-14(9-12-19)15(20)22-6-3/h14H,4-13H2,1-3H3,(H,17,18). The molecule has 0 amide bonds. The number of esters is 1. The van der Waals surface area contributed by atoms with Crippen molar-refractivity contribution in [2.24, 2.45) is 10.9 Å². The molecule has 6 nitrogen and oxygen atoms in total. The number of hydrogen-bond donors (Lipinski definition) is 1. The summed E-state index contributed by atoms with van der Waals surface area (Å²) >= 11 is 0. The first-order valence-corrected chi connectivity index (χ1v) is 8.50. The molecule has 1 heterocycles. The number of nitrogens with one attached hydrogen (secondary N) is 1. The summed E-state index contributed by atoms with van der Waals surface area (Å²) in [6, 6.07) is 0. The van der Waals surface area contributed by atoms with Crippen LogP contribution in [0.1, 0.15) is 40.0 Å². The van der Waals surface area contributed by atoms with Crippen molar-refractivity contribution < 1.29 is 14.3 Å². The summed E-state index contributed by atoms with van der Waals surface area (Å²) in [5, 5.41) is 3.33. The second-order valence-electron chi connectivity index (χ2n) is 5.30. The van der Waals surface area contributed by atoms with Crippen molar-refractivity contribution in [1.29, 1.82) is 0 Å². The van der Waals surface area contributed by atoms with Crippen molar-refractivity contribution in [2.45, 2.75) is 40.0 Å². The Morgan fingerprint density at radius 2 is 1.95 bits per heavy atom. The van der Waals surface area contributed by atoms with E-state index in [1.165, 1.54) is 0 Å². The lowest BCUT2D eigenvalue weighted by Crippen LogP contribution is -2.46. The average Bonchev–Trinajstić information content (AvgIpc) is 2.54. The number of guanidine groups is 1. The monoisotopic (exact) mass is 313 g/mol. The quantitative estimate of drug-likeness (QED) is 0.319. The van der Waals surface area contributed by atoms with Crippen LogP contribution in [0.5, 0.6) is 0 Å². The molecule has 0 unspecified atom stereocenters. The zero-order valence-electron chi connectivity index (χ0n) is 14.3. The molecule has 0 aromatic carbocycles.